The molecule has 1 amide bonds. The Balaban J connectivity index is 2.29. The smallest absolute Gasteiger partial charge is 0.415 e. The lowest BCUT2D eigenvalue weighted by Crippen LogP contribution is -2.38. The molecule has 0 aromatic carbocycles. The first-order valence-electron chi connectivity index (χ1n) is 4.34. The SMILES string of the molecule is O=C1OCCCN1c1ncccc1Br. The van der Waals surface area contributed by atoms with Gasteiger partial charge in [-0.3, -0.25) is 4.90 Å². The molecule has 0 saturated carbocycles. The van der Waals surface area contributed by atoms with Gasteiger partial charge < -0.3 is 4.74 Å². The van der Waals surface area contributed by atoms with Crippen LogP contribution in [0.2, 0.25) is 0 Å². The summed E-state index contributed by atoms with van der Waals surface area (Å²) >= 11 is 3.35. The van der Waals surface area contributed by atoms with Gasteiger partial charge in [0, 0.05) is 12.7 Å². The number of carbonyl (C=O) groups is 1. The zero-order valence-electron chi connectivity index (χ0n) is 7.44. The van der Waals surface area contributed by atoms with Crippen LogP contribution in [0.25, 0.3) is 0 Å². The average molecular weight is 257 g/mol. The molecular formula is C9H9BrN2O2. The van der Waals surface area contributed by atoms with Crippen molar-refractivity contribution in [2.24, 2.45) is 0 Å². The Kier molecular flexibility index (Phi) is 2.67. The van der Waals surface area contributed by atoms with Crippen LogP contribution in [-0.4, -0.2) is 24.2 Å². The van der Waals surface area contributed by atoms with Crippen molar-refractivity contribution in [2.75, 3.05) is 18.1 Å². The summed E-state index contributed by atoms with van der Waals surface area (Å²) in [6.45, 7) is 1.16. The van der Waals surface area contributed by atoms with Crippen molar-refractivity contribution in [3.8, 4) is 0 Å². The summed E-state index contributed by atoms with van der Waals surface area (Å²) in [5.41, 5.74) is 0. The normalized spacial score (nSPS) is 16.6. The second-order valence-electron chi connectivity index (χ2n) is 2.93. The summed E-state index contributed by atoms with van der Waals surface area (Å²) in [5, 5.41) is 0. The summed E-state index contributed by atoms with van der Waals surface area (Å²) < 4.78 is 5.73. The molecule has 0 N–H and O–H groups in total. The number of carbonyl (C=O) groups excluding carboxylic acids is 1. The number of halogens is 1. The first-order chi connectivity index (χ1) is 6.79. The molecule has 14 heavy (non-hydrogen) atoms. The fourth-order valence-corrected chi connectivity index (χ4v) is 1.79. The zero-order chi connectivity index (χ0) is 9.97. The van der Waals surface area contributed by atoms with Crippen molar-refractivity contribution < 1.29 is 9.53 Å². The van der Waals surface area contributed by atoms with Gasteiger partial charge in [-0.05, 0) is 34.5 Å². The van der Waals surface area contributed by atoms with Gasteiger partial charge in [-0.15, -0.1) is 0 Å². The van der Waals surface area contributed by atoms with Crippen molar-refractivity contribution >= 4 is 27.8 Å². The lowest BCUT2D eigenvalue weighted by atomic mass is 10.3. The third-order valence-corrected chi connectivity index (χ3v) is 2.59. The van der Waals surface area contributed by atoms with Crippen LogP contribution in [0, 0.1) is 0 Å². The standard InChI is InChI=1S/C9H9BrN2O2/c10-7-3-1-4-11-8(7)12-5-2-6-14-9(12)13/h1,3-4H,2,5-6H2. The van der Waals surface area contributed by atoms with Crippen LogP contribution < -0.4 is 4.90 Å². The van der Waals surface area contributed by atoms with Crippen molar-refractivity contribution in [1.29, 1.82) is 0 Å². The van der Waals surface area contributed by atoms with E-state index in [-0.39, 0.29) is 6.09 Å². The first kappa shape index (κ1) is 9.45. The van der Waals surface area contributed by atoms with Gasteiger partial charge >= 0.3 is 6.09 Å². The average Bonchev–Trinajstić information content (AvgIpc) is 2.20. The molecule has 0 bridgehead atoms. The molecule has 1 aromatic heterocycles. The summed E-state index contributed by atoms with van der Waals surface area (Å²) in [7, 11) is 0. The van der Waals surface area contributed by atoms with Crippen LogP contribution in [0.4, 0.5) is 10.6 Å². The van der Waals surface area contributed by atoms with E-state index in [1.807, 2.05) is 12.1 Å². The highest BCUT2D eigenvalue weighted by Gasteiger charge is 2.23. The Morgan fingerprint density at radius 1 is 1.57 bits per heavy atom. The van der Waals surface area contributed by atoms with Gasteiger partial charge in [-0.1, -0.05) is 0 Å². The Labute approximate surface area is 90.0 Å². The number of anilines is 1. The number of ether oxygens (including phenoxy) is 1. The quantitative estimate of drug-likeness (QED) is 0.774. The molecule has 0 radical (unpaired) electrons. The Morgan fingerprint density at radius 2 is 2.43 bits per heavy atom. The van der Waals surface area contributed by atoms with E-state index in [0.29, 0.717) is 19.0 Å². The van der Waals surface area contributed by atoms with Gasteiger partial charge in [0.25, 0.3) is 0 Å². The second-order valence-corrected chi connectivity index (χ2v) is 3.78. The predicted molar refractivity (Wildman–Crippen MR) is 55.2 cm³/mol. The molecule has 5 heteroatoms. The highest BCUT2D eigenvalue weighted by molar-refractivity contribution is 9.10. The van der Waals surface area contributed by atoms with Crippen LogP contribution in [-0.2, 0) is 4.74 Å². The molecule has 2 heterocycles. The van der Waals surface area contributed by atoms with Crippen LogP contribution in [0.3, 0.4) is 0 Å². The fourth-order valence-electron chi connectivity index (χ4n) is 1.32. The summed E-state index contributed by atoms with van der Waals surface area (Å²) in [6.07, 6.45) is 2.17. The van der Waals surface area contributed by atoms with E-state index in [0.717, 1.165) is 10.9 Å². The third-order valence-electron chi connectivity index (χ3n) is 1.97. The maximum absolute atomic E-state index is 11.4. The van der Waals surface area contributed by atoms with Crippen LogP contribution >= 0.6 is 15.9 Å². The maximum atomic E-state index is 11.4. The molecule has 1 aliphatic rings. The Hall–Kier alpha value is -1.10. The first-order valence-corrected chi connectivity index (χ1v) is 5.13. The third kappa shape index (κ3) is 1.72. The van der Waals surface area contributed by atoms with Crippen molar-refractivity contribution in [1.82, 2.24) is 4.98 Å². The molecule has 0 atom stereocenters. The molecule has 0 unspecified atom stereocenters. The number of cyclic esters (lactones) is 1. The summed E-state index contributed by atoms with van der Waals surface area (Å²) in [4.78, 5) is 17.1. The van der Waals surface area contributed by atoms with Crippen molar-refractivity contribution in [3.63, 3.8) is 0 Å². The highest BCUT2D eigenvalue weighted by Crippen LogP contribution is 2.24. The Morgan fingerprint density at radius 3 is 3.14 bits per heavy atom. The lowest BCUT2D eigenvalue weighted by molar-refractivity contribution is 0.140. The molecule has 1 saturated heterocycles. The van der Waals surface area contributed by atoms with E-state index >= 15 is 0 Å². The molecule has 74 valence electrons. The predicted octanol–water partition coefficient (Wildman–Crippen LogP) is 2.19. The molecule has 1 aromatic rings. The molecular weight excluding hydrogens is 248 g/mol. The van der Waals surface area contributed by atoms with Gasteiger partial charge in [0.05, 0.1) is 11.1 Å². The minimum absolute atomic E-state index is 0.323. The zero-order valence-corrected chi connectivity index (χ0v) is 9.03. The van der Waals surface area contributed by atoms with Crippen LogP contribution in [0.1, 0.15) is 6.42 Å². The molecule has 1 aliphatic heterocycles. The van der Waals surface area contributed by atoms with Crippen molar-refractivity contribution in [2.45, 2.75) is 6.42 Å². The van der Waals surface area contributed by atoms with E-state index in [9.17, 15) is 4.79 Å². The second kappa shape index (κ2) is 3.96. The van der Waals surface area contributed by atoms with E-state index in [1.165, 1.54) is 4.90 Å². The van der Waals surface area contributed by atoms with Crippen LogP contribution in [0.15, 0.2) is 22.8 Å². The monoisotopic (exact) mass is 256 g/mol. The maximum Gasteiger partial charge on any atom is 0.415 e. The molecule has 2 rings (SSSR count). The fraction of sp³-hybridized carbons (Fsp3) is 0.333. The summed E-state index contributed by atoms with van der Waals surface area (Å²) in [6, 6.07) is 3.66. The van der Waals surface area contributed by atoms with E-state index in [1.54, 1.807) is 6.20 Å². The highest BCUT2D eigenvalue weighted by atomic mass is 79.9. The van der Waals surface area contributed by atoms with Gasteiger partial charge in [0.15, 0.2) is 5.82 Å². The van der Waals surface area contributed by atoms with E-state index in [4.69, 9.17) is 4.74 Å². The molecule has 0 aliphatic carbocycles. The number of hydrogen-bond acceptors (Lipinski definition) is 3. The summed E-state index contributed by atoms with van der Waals surface area (Å²) in [5.74, 6) is 0.622. The number of nitrogens with zero attached hydrogens (tertiary/aromatic N) is 2. The largest absolute Gasteiger partial charge is 0.449 e. The van der Waals surface area contributed by atoms with E-state index in [2.05, 4.69) is 20.9 Å². The number of rotatable bonds is 1. The minimum Gasteiger partial charge on any atom is -0.449 e. The lowest BCUT2D eigenvalue weighted by Gasteiger charge is -2.25. The van der Waals surface area contributed by atoms with Gasteiger partial charge in [-0.25, -0.2) is 9.78 Å². The van der Waals surface area contributed by atoms with Gasteiger partial charge in [0.1, 0.15) is 0 Å². The van der Waals surface area contributed by atoms with Crippen molar-refractivity contribution in [3.05, 3.63) is 22.8 Å². The topological polar surface area (TPSA) is 42.4 Å². The number of amides is 1. The number of aromatic nitrogens is 1. The molecule has 4 nitrogen and oxygen atoms in total. The number of pyridine rings is 1. The number of hydrogen-bond donors (Lipinski definition) is 0. The van der Waals surface area contributed by atoms with Gasteiger partial charge in [-0.2, -0.15) is 0 Å². The van der Waals surface area contributed by atoms with E-state index < -0.39 is 0 Å². The Bertz CT molecular complexity index is 356. The minimum atomic E-state index is -0.323. The molecule has 0 spiro atoms. The molecule has 1 fully saturated rings. The van der Waals surface area contributed by atoms with Gasteiger partial charge in [0.2, 0.25) is 0 Å². The van der Waals surface area contributed by atoms with Crippen LogP contribution in [0.5, 0.6) is 0 Å².